The highest BCUT2D eigenvalue weighted by atomic mass is 31.2. The van der Waals surface area contributed by atoms with Gasteiger partial charge in [-0.3, -0.25) is 0 Å². The maximum absolute atomic E-state index is 5.43. The molecule has 0 aromatic carbocycles. The molecule has 0 amide bonds. The molecule has 0 bridgehead atoms. The summed E-state index contributed by atoms with van der Waals surface area (Å²) in [5.41, 5.74) is 0. The summed E-state index contributed by atoms with van der Waals surface area (Å²) in [6.07, 6.45) is 0. The van der Waals surface area contributed by atoms with E-state index in [2.05, 4.69) is 0 Å². The monoisotopic (exact) mass is 205 g/mol. The topological polar surface area (TPSA) is 36.7 Å². The molecule has 0 N–H and O–H groups in total. The third-order valence-electron chi connectivity index (χ3n) is 1.76. The first kappa shape index (κ1) is 8.49. The van der Waals surface area contributed by atoms with Crippen molar-refractivity contribution in [3.05, 3.63) is 0 Å². The van der Waals surface area contributed by atoms with E-state index < -0.39 is 8.60 Å². The van der Waals surface area contributed by atoms with Gasteiger partial charge in [0.25, 0.3) is 0 Å². The second kappa shape index (κ2) is 3.40. The van der Waals surface area contributed by atoms with Crippen molar-refractivity contribution in [3.8, 4) is 0 Å². The van der Waals surface area contributed by atoms with Crippen LogP contribution in [-0.2, 0) is 13.9 Å². The maximum atomic E-state index is 5.43. The number of hydroxylamine groups is 6. The van der Waals surface area contributed by atoms with Gasteiger partial charge in [0.1, 0.15) is 0 Å². The summed E-state index contributed by atoms with van der Waals surface area (Å²) >= 11 is 0. The Morgan fingerprint density at radius 3 is 1.15 bits per heavy atom. The quantitative estimate of drug-likeness (QED) is 0.447. The zero-order chi connectivity index (χ0) is 8.67. The van der Waals surface area contributed by atoms with Gasteiger partial charge in [0.05, 0.1) is 0 Å². The van der Waals surface area contributed by atoms with E-state index in [4.69, 9.17) is 13.9 Å². The predicted molar refractivity (Wildman–Crippen MR) is 44.9 cm³/mol. The summed E-state index contributed by atoms with van der Waals surface area (Å²) in [7, 11) is -1.21. The van der Waals surface area contributed by atoms with Gasteiger partial charge in [-0.05, 0) is 0 Å². The molecule has 0 unspecified atom stereocenters. The van der Waals surface area contributed by atoms with Gasteiger partial charge in [-0.1, -0.05) is 0 Å². The Labute approximate surface area is 77.8 Å². The van der Waals surface area contributed by atoms with Crippen LogP contribution >= 0.6 is 8.60 Å². The lowest BCUT2D eigenvalue weighted by molar-refractivity contribution is -0.0663. The molecule has 0 aromatic heterocycles. The van der Waals surface area contributed by atoms with Crippen LogP contribution in [0.15, 0.2) is 0 Å². The van der Waals surface area contributed by atoms with E-state index in [-0.39, 0.29) is 0 Å². The van der Waals surface area contributed by atoms with Crippen molar-refractivity contribution in [1.82, 2.24) is 15.2 Å². The molecule has 0 aliphatic carbocycles. The minimum atomic E-state index is -1.21. The van der Waals surface area contributed by atoms with Crippen molar-refractivity contribution in [2.24, 2.45) is 0 Å². The molecule has 74 valence electrons. The van der Waals surface area contributed by atoms with Crippen LogP contribution in [0.5, 0.6) is 0 Å². The Hall–Kier alpha value is 0.190. The van der Waals surface area contributed by atoms with Gasteiger partial charge in [-0.2, -0.15) is 15.2 Å². The summed E-state index contributed by atoms with van der Waals surface area (Å²) in [5, 5.41) is 5.54. The molecule has 6 nitrogen and oxygen atoms in total. The summed E-state index contributed by atoms with van der Waals surface area (Å²) in [5.74, 6) is 0. The third-order valence-corrected chi connectivity index (χ3v) is 2.86. The van der Waals surface area contributed by atoms with Crippen LogP contribution in [0.1, 0.15) is 0 Å². The standard InChI is InChI=1S/C6H12N3O3P/c1-2-7(1)10-13(11-8-3-4-8)12-9-5-6-9/h1-6H2. The van der Waals surface area contributed by atoms with Gasteiger partial charge < -0.3 is 0 Å². The van der Waals surface area contributed by atoms with E-state index >= 15 is 0 Å². The molecular weight excluding hydrogens is 193 g/mol. The molecule has 0 aromatic rings. The third kappa shape index (κ3) is 2.82. The van der Waals surface area contributed by atoms with Gasteiger partial charge in [0, 0.05) is 39.3 Å². The first-order chi connectivity index (χ1) is 6.40. The van der Waals surface area contributed by atoms with Crippen molar-refractivity contribution in [2.45, 2.75) is 0 Å². The number of hydrogen-bond acceptors (Lipinski definition) is 6. The molecule has 3 heterocycles. The largest absolute Gasteiger partial charge is 0.387 e. The first-order valence-corrected chi connectivity index (χ1v) is 5.59. The smallest absolute Gasteiger partial charge is 0.219 e. The van der Waals surface area contributed by atoms with Gasteiger partial charge in [0.2, 0.25) is 0 Å². The summed E-state index contributed by atoms with van der Waals surface area (Å²) in [4.78, 5) is 0. The van der Waals surface area contributed by atoms with E-state index in [1.54, 1.807) is 0 Å². The molecule has 3 aliphatic rings. The summed E-state index contributed by atoms with van der Waals surface area (Å²) in [6.45, 7) is 5.95. The van der Waals surface area contributed by atoms with Crippen LogP contribution in [0.4, 0.5) is 0 Å². The average molecular weight is 205 g/mol. The fraction of sp³-hybridized carbons (Fsp3) is 1.00. The Kier molecular flexibility index (Phi) is 2.22. The fourth-order valence-electron chi connectivity index (χ4n) is 0.695. The van der Waals surface area contributed by atoms with Crippen LogP contribution < -0.4 is 0 Å². The Balaban J connectivity index is 1.45. The van der Waals surface area contributed by atoms with Gasteiger partial charge in [-0.25, -0.2) is 13.9 Å². The molecule has 3 aliphatic heterocycles. The Morgan fingerprint density at radius 1 is 0.615 bits per heavy atom. The Morgan fingerprint density at radius 2 is 0.923 bits per heavy atom. The minimum Gasteiger partial charge on any atom is -0.219 e. The molecular formula is C6H12N3O3P. The molecule has 3 fully saturated rings. The summed E-state index contributed by atoms with van der Waals surface area (Å²) in [6, 6.07) is 0. The second-order valence-electron chi connectivity index (χ2n) is 3.26. The predicted octanol–water partition coefficient (Wildman–Crippen LogP) is -0.0451. The first-order valence-electron chi connectivity index (χ1n) is 4.49. The highest BCUT2D eigenvalue weighted by Gasteiger charge is 2.35. The van der Waals surface area contributed by atoms with Crippen LogP contribution in [0, 0.1) is 0 Å². The number of rotatable bonds is 6. The number of nitrogens with zero attached hydrogens (tertiary/aromatic N) is 3. The van der Waals surface area contributed by atoms with E-state index in [1.165, 1.54) is 0 Å². The molecule has 0 spiro atoms. The SMILES string of the molecule is C1CN1OP(ON1CC1)ON1CC1. The van der Waals surface area contributed by atoms with Crippen molar-refractivity contribution in [1.29, 1.82) is 0 Å². The lowest BCUT2D eigenvalue weighted by atomic mass is 11.0. The van der Waals surface area contributed by atoms with E-state index in [1.807, 2.05) is 15.2 Å². The minimum absolute atomic E-state index is 0.992. The van der Waals surface area contributed by atoms with Gasteiger partial charge in [0.15, 0.2) is 0 Å². The lowest BCUT2D eigenvalue weighted by Crippen LogP contribution is -2.06. The zero-order valence-electron chi connectivity index (χ0n) is 7.26. The average Bonchev–Trinajstić information content (AvgIpc) is 2.94. The van der Waals surface area contributed by atoms with Crippen molar-refractivity contribution < 1.29 is 13.9 Å². The van der Waals surface area contributed by atoms with E-state index in [0.717, 1.165) is 39.3 Å². The van der Waals surface area contributed by atoms with Gasteiger partial charge >= 0.3 is 8.60 Å². The molecule has 3 saturated heterocycles. The molecule has 0 radical (unpaired) electrons. The van der Waals surface area contributed by atoms with Crippen molar-refractivity contribution in [2.75, 3.05) is 39.3 Å². The van der Waals surface area contributed by atoms with Crippen LogP contribution in [0.25, 0.3) is 0 Å². The molecule has 7 heteroatoms. The highest BCUT2D eigenvalue weighted by molar-refractivity contribution is 7.41. The van der Waals surface area contributed by atoms with Crippen LogP contribution in [0.2, 0.25) is 0 Å². The lowest BCUT2D eigenvalue weighted by Gasteiger charge is -2.15. The zero-order valence-corrected chi connectivity index (χ0v) is 8.15. The second-order valence-corrected chi connectivity index (χ2v) is 4.19. The van der Waals surface area contributed by atoms with Crippen LogP contribution in [-0.4, -0.2) is 54.5 Å². The van der Waals surface area contributed by atoms with Crippen molar-refractivity contribution >= 4 is 8.60 Å². The van der Waals surface area contributed by atoms with Gasteiger partial charge in [-0.15, -0.1) is 0 Å². The number of hydrogen-bond donors (Lipinski definition) is 0. The molecule has 13 heavy (non-hydrogen) atoms. The molecule has 3 rings (SSSR count). The normalized spacial score (nSPS) is 28.4. The van der Waals surface area contributed by atoms with E-state index in [9.17, 15) is 0 Å². The maximum Gasteiger partial charge on any atom is 0.387 e. The fourth-order valence-corrected chi connectivity index (χ4v) is 1.84. The highest BCUT2D eigenvalue weighted by Crippen LogP contribution is 2.46. The van der Waals surface area contributed by atoms with Crippen LogP contribution in [0.3, 0.4) is 0 Å². The van der Waals surface area contributed by atoms with Crippen molar-refractivity contribution in [3.63, 3.8) is 0 Å². The van der Waals surface area contributed by atoms with E-state index in [0.29, 0.717) is 0 Å². The molecule has 0 saturated carbocycles. The Bertz CT molecular complexity index is 162. The summed E-state index contributed by atoms with van der Waals surface area (Å²) < 4.78 is 16.3. The molecule has 0 atom stereocenters.